The third-order valence-electron chi connectivity index (χ3n) is 2.07. The lowest BCUT2D eigenvalue weighted by atomic mass is 10.4. The molecule has 0 saturated heterocycles. The highest BCUT2D eigenvalue weighted by Crippen LogP contribution is 2.18. The summed E-state index contributed by atoms with van der Waals surface area (Å²) in [5, 5.41) is 3.32. The van der Waals surface area contributed by atoms with Crippen LogP contribution in [0.5, 0.6) is 0 Å². The lowest BCUT2D eigenvalue weighted by Gasteiger charge is -1.94. The highest BCUT2D eigenvalue weighted by Gasteiger charge is 2.03. The Morgan fingerprint density at radius 3 is 3.18 bits per heavy atom. The number of aryl methyl sites for hydroxylation is 1. The van der Waals surface area contributed by atoms with Crippen LogP contribution in [-0.2, 0) is 11.2 Å². The molecule has 2 heterocycles. The van der Waals surface area contributed by atoms with E-state index in [0.29, 0.717) is 10.9 Å². The van der Waals surface area contributed by atoms with Gasteiger partial charge in [-0.2, -0.15) is 0 Å². The summed E-state index contributed by atoms with van der Waals surface area (Å²) in [6, 6.07) is 3.55. The normalized spacial score (nSPS) is 10.9. The van der Waals surface area contributed by atoms with Gasteiger partial charge >= 0.3 is 0 Å². The van der Waals surface area contributed by atoms with E-state index in [0.717, 1.165) is 11.3 Å². The molecule has 2 aromatic rings. The monoisotopic (exact) mass is 248 g/mol. The molecule has 0 radical (unpaired) electrons. The number of rotatable bonds is 4. The standard InChI is InChI=1S/C12H12N2O2S/c1-2-10-8-13-12(17-10)14-11(15)6-5-9-4-3-7-16-9/h3-8H,2H2,1H3,(H,13,14,15)/b6-5+. The van der Waals surface area contributed by atoms with Crippen molar-refractivity contribution in [1.29, 1.82) is 0 Å². The third-order valence-corrected chi connectivity index (χ3v) is 3.13. The van der Waals surface area contributed by atoms with E-state index in [1.807, 2.05) is 0 Å². The first-order valence-corrected chi connectivity index (χ1v) is 6.07. The first kappa shape index (κ1) is 11.6. The molecule has 0 aliphatic heterocycles. The van der Waals surface area contributed by atoms with Crippen LogP contribution in [-0.4, -0.2) is 10.9 Å². The van der Waals surface area contributed by atoms with E-state index in [1.165, 1.54) is 17.4 Å². The molecule has 0 bridgehead atoms. The largest absolute Gasteiger partial charge is 0.465 e. The van der Waals surface area contributed by atoms with Crippen molar-refractivity contribution in [2.24, 2.45) is 0 Å². The molecular weight excluding hydrogens is 236 g/mol. The summed E-state index contributed by atoms with van der Waals surface area (Å²) >= 11 is 1.48. The Labute approximate surface area is 103 Å². The average molecular weight is 248 g/mol. The molecule has 0 aliphatic rings. The molecule has 1 amide bonds. The number of thiazole rings is 1. The number of nitrogens with one attached hydrogen (secondary N) is 1. The van der Waals surface area contributed by atoms with Gasteiger partial charge in [0.05, 0.1) is 6.26 Å². The van der Waals surface area contributed by atoms with E-state index in [-0.39, 0.29) is 5.91 Å². The van der Waals surface area contributed by atoms with Gasteiger partial charge in [-0.25, -0.2) is 4.98 Å². The van der Waals surface area contributed by atoms with Crippen LogP contribution in [0.2, 0.25) is 0 Å². The van der Waals surface area contributed by atoms with Crippen LogP contribution in [0, 0.1) is 0 Å². The van der Waals surface area contributed by atoms with Gasteiger partial charge in [0.2, 0.25) is 5.91 Å². The molecule has 5 heteroatoms. The van der Waals surface area contributed by atoms with Gasteiger partial charge in [0, 0.05) is 17.2 Å². The maximum absolute atomic E-state index is 11.5. The molecule has 0 atom stereocenters. The number of anilines is 1. The predicted octanol–water partition coefficient (Wildman–Crippen LogP) is 2.95. The number of hydrogen-bond acceptors (Lipinski definition) is 4. The summed E-state index contributed by atoms with van der Waals surface area (Å²) in [5.41, 5.74) is 0. The maximum atomic E-state index is 11.5. The first-order valence-electron chi connectivity index (χ1n) is 5.25. The maximum Gasteiger partial charge on any atom is 0.250 e. The molecule has 17 heavy (non-hydrogen) atoms. The van der Waals surface area contributed by atoms with Gasteiger partial charge in [0.15, 0.2) is 5.13 Å². The fourth-order valence-electron chi connectivity index (χ4n) is 1.22. The minimum atomic E-state index is -0.210. The number of aromatic nitrogens is 1. The molecule has 2 aromatic heterocycles. The van der Waals surface area contributed by atoms with Crippen LogP contribution in [0.4, 0.5) is 5.13 Å². The molecule has 0 saturated carbocycles. The molecule has 1 N–H and O–H groups in total. The van der Waals surface area contributed by atoms with Crippen molar-refractivity contribution in [2.75, 3.05) is 5.32 Å². The quantitative estimate of drug-likeness (QED) is 0.846. The number of nitrogens with zero attached hydrogens (tertiary/aromatic N) is 1. The van der Waals surface area contributed by atoms with Crippen molar-refractivity contribution < 1.29 is 9.21 Å². The smallest absolute Gasteiger partial charge is 0.250 e. The van der Waals surface area contributed by atoms with E-state index >= 15 is 0 Å². The molecule has 0 aromatic carbocycles. The van der Waals surface area contributed by atoms with Crippen molar-refractivity contribution in [3.05, 3.63) is 41.3 Å². The predicted molar refractivity (Wildman–Crippen MR) is 67.9 cm³/mol. The number of amides is 1. The fourth-order valence-corrected chi connectivity index (χ4v) is 1.97. The lowest BCUT2D eigenvalue weighted by Crippen LogP contribution is -2.06. The summed E-state index contributed by atoms with van der Waals surface area (Å²) in [6.07, 6.45) is 7.30. The van der Waals surface area contributed by atoms with E-state index in [9.17, 15) is 4.79 Å². The molecular formula is C12H12N2O2S. The zero-order valence-electron chi connectivity index (χ0n) is 9.34. The van der Waals surface area contributed by atoms with Gasteiger partial charge in [0.1, 0.15) is 5.76 Å². The number of carbonyl (C=O) groups is 1. The summed E-state index contributed by atoms with van der Waals surface area (Å²) in [4.78, 5) is 16.8. The van der Waals surface area contributed by atoms with Crippen LogP contribution in [0.1, 0.15) is 17.6 Å². The number of carbonyl (C=O) groups excluding carboxylic acids is 1. The topological polar surface area (TPSA) is 55.1 Å². The van der Waals surface area contributed by atoms with E-state index < -0.39 is 0 Å². The van der Waals surface area contributed by atoms with Crippen molar-refractivity contribution in [1.82, 2.24) is 4.98 Å². The summed E-state index contributed by atoms with van der Waals surface area (Å²) in [6.45, 7) is 2.05. The van der Waals surface area contributed by atoms with Gasteiger partial charge in [-0.3, -0.25) is 10.1 Å². The highest BCUT2D eigenvalue weighted by molar-refractivity contribution is 7.15. The SMILES string of the molecule is CCc1cnc(NC(=O)/C=C/c2ccco2)s1. The Bertz CT molecular complexity index is 514. The third kappa shape index (κ3) is 3.29. The number of hydrogen-bond donors (Lipinski definition) is 1. The van der Waals surface area contributed by atoms with Gasteiger partial charge in [0.25, 0.3) is 0 Å². The summed E-state index contributed by atoms with van der Waals surface area (Å²) in [5.74, 6) is 0.437. The van der Waals surface area contributed by atoms with Crippen molar-refractivity contribution >= 4 is 28.5 Å². The Balaban J connectivity index is 1.93. The fraction of sp³-hybridized carbons (Fsp3) is 0.167. The molecule has 88 valence electrons. The van der Waals surface area contributed by atoms with Crippen molar-refractivity contribution in [3.63, 3.8) is 0 Å². The molecule has 4 nitrogen and oxygen atoms in total. The molecule has 2 rings (SSSR count). The molecule has 0 aliphatic carbocycles. The Morgan fingerprint density at radius 1 is 1.65 bits per heavy atom. The van der Waals surface area contributed by atoms with Gasteiger partial charge in [-0.1, -0.05) is 6.92 Å². The van der Waals surface area contributed by atoms with Gasteiger partial charge in [-0.05, 0) is 24.6 Å². The summed E-state index contributed by atoms with van der Waals surface area (Å²) < 4.78 is 5.08. The lowest BCUT2D eigenvalue weighted by molar-refractivity contribution is -0.111. The molecule has 0 fully saturated rings. The first-order chi connectivity index (χ1) is 8.28. The Hall–Kier alpha value is -1.88. The Morgan fingerprint density at radius 2 is 2.53 bits per heavy atom. The summed E-state index contributed by atoms with van der Waals surface area (Å²) in [7, 11) is 0. The zero-order chi connectivity index (χ0) is 12.1. The second-order valence-corrected chi connectivity index (χ2v) is 4.44. The average Bonchev–Trinajstić information content (AvgIpc) is 2.97. The second kappa shape index (κ2) is 5.45. The van der Waals surface area contributed by atoms with Crippen molar-refractivity contribution in [2.45, 2.75) is 13.3 Å². The van der Waals surface area contributed by atoms with Crippen molar-refractivity contribution in [3.8, 4) is 0 Å². The van der Waals surface area contributed by atoms with Gasteiger partial charge in [-0.15, -0.1) is 11.3 Å². The minimum absolute atomic E-state index is 0.210. The van der Waals surface area contributed by atoms with Gasteiger partial charge < -0.3 is 4.42 Å². The number of furan rings is 1. The van der Waals surface area contributed by atoms with Crippen LogP contribution in [0.15, 0.2) is 35.1 Å². The van der Waals surface area contributed by atoms with E-state index in [4.69, 9.17) is 4.42 Å². The molecule has 0 unspecified atom stereocenters. The minimum Gasteiger partial charge on any atom is -0.465 e. The van der Waals surface area contributed by atoms with E-state index in [2.05, 4.69) is 17.2 Å². The highest BCUT2D eigenvalue weighted by atomic mass is 32.1. The Kier molecular flexibility index (Phi) is 3.72. The van der Waals surface area contributed by atoms with E-state index in [1.54, 1.807) is 30.7 Å². The second-order valence-electron chi connectivity index (χ2n) is 3.32. The van der Waals surface area contributed by atoms with Crippen LogP contribution < -0.4 is 5.32 Å². The van der Waals surface area contributed by atoms with Crippen LogP contribution >= 0.6 is 11.3 Å². The van der Waals surface area contributed by atoms with Crippen LogP contribution in [0.3, 0.4) is 0 Å². The molecule has 0 spiro atoms. The van der Waals surface area contributed by atoms with Crippen LogP contribution in [0.25, 0.3) is 6.08 Å². The zero-order valence-corrected chi connectivity index (χ0v) is 10.2.